The summed E-state index contributed by atoms with van der Waals surface area (Å²) in [6.07, 6.45) is 4.93. The molecule has 0 unspecified atom stereocenters. The first-order chi connectivity index (χ1) is 6.03. The fraction of sp³-hybridized carbons (Fsp3) is 0.909. The molecular formula is C11H19NO. The molecule has 1 fully saturated rings. The summed E-state index contributed by atoms with van der Waals surface area (Å²) in [5.74, 6) is 0.651. The summed E-state index contributed by atoms with van der Waals surface area (Å²) in [4.78, 5) is 0. The van der Waals surface area contributed by atoms with Crippen molar-refractivity contribution in [2.75, 3.05) is 0 Å². The van der Waals surface area contributed by atoms with Crippen LogP contribution in [0.1, 0.15) is 46.0 Å². The van der Waals surface area contributed by atoms with E-state index in [0.29, 0.717) is 5.92 Å². The van der Waals surface area contributed by atoms with E-state index in [9.17, 15) is 5.11 Å². The van der Waals surface area contributed by atoms with Crippen LogP contribution in [0.3, 0.4) is 0 Å². The summed E-state index contributed by atoms with van der Waals surface area (Å²) in [5.41, 5.74) is -0.188. The Balaban J connectivity index is 2.35. The summed E-state index contributed by atoms with van der Waals surface area (Å²) in [6.45, 7) is 4.00. The van der Waals surface area contributed by atoms with Gasteiger partial charge in [-0.2, -0.15) is 5.26 Å². The summed E-state index contributed by atoms with van der Waals surface area (Å²) in [5, 5.41) is 18.2. The molecule has 0 bridgehead atoms. The molecule has 1 saturated carbocycles. The first-order valence-corrected chi connectivity index (χ1v) is 5.13. The summed E-state index contributed by atoms with van der Waals surface area (Å²) < 4.78 is 0. The number of aliphatic hydroxyl groups is 1. The predicted molar refractivity (Wildman–Crippen MR) is 52.0 cm³/mol. The molecule has 0 heterocycles. The molecule has 0 saturated heterocycles. The third-order valence-corrected chi connectivity index (χ3v) is 2.92. The number of hydrogen-bond acceptors (Lipinski definition) is 2. The standard InChI is InChI=1S/C11H19NO/c1-11(2,8-12)7-9-3-5-10(13)6-4-9/h9-10,13H,3-7H2,1-2H3. The van der Waals surface area contributed by atoms with E-state index >= 15 is 0 Å². The number of rotatable bonds is 2. The lowest BCUT2D eigenvalue weighted by Gasteiger charge is -2.29. The molecule has 0 radical (unpaired) electrons. The largest absolute Gasteiger partial charge is 0.393 e. The molecule has 2 nitrogen and oxygen atoms in total. The Morgan fingerprint density at radius 3 is 2.31 bits per heavy atom. The third kappa shape index (κ3) is 3.36. The minimum Gasteiger partial charge on any atom is -0.393 e. The number of nitriles is 1. The highest BCUT2D eigenvalue weighted by Crippen LogP contribution is 2.33. The zero-order chi connectivity index (χ0) is 9.90. The molecule has 0 aliphatic heterocycles. The Labute approximate surface area is 80.6 Å². The Kier molecular flexibility index (Phi) is 3.33. The van der Waals surface area contributed by atoms with Gasteiger partial charge in [0.25, 0.3) is 0 Å². The van der Waals surface area contributed by atoms with Gasteiger partial charge in [-0.15, -0.1) is 0 Å². The monoisotopic (exact) mass is 181 g/mol. The van der Waals surface area contributed by atoms with E-state index in [1.54, 1.807) is 0 Å². The van der Waals surface area contributed by atoms with Crippen molar-refractivity contribution in [2.45, 2.75) is 52.1 Å². The maximum absolute atomic E-state index is 9.32. The molecule has 0 aromatic heterocycles. The van der Waals surface area contributed by atoms with Crippen LogP contribution in [0, 0.1) is 22.7 Å². The van der Waals surface area contributed by atoms with Crippen LogP contribution in [0.2, 0.25) is 0 Å². The molecular weight excluding hydrogens is 162 g/mol. The van der Waals surface area contributed by atoms with Gasteiger partial charge in [0.05, 0.1) is 17.6 Å². The van der Waals surface area contributed by atoms with E-state index in [-0.39, 0.29) is 11.5 Å². The first kappa shape index (κ1) is 10.5. The molecule has 0 aromatic carbocycles. The van der Waals surface area contributed by atoms with Crippen molar-refractivity contribution in [1.82, 2.24) is 0 Å². The molecule has 1 aliphatic carbocycles. The molecule has 0 aromatic rings. The minimum atomic E-state index is -0.188. The van der Waals surface area contributed by atoms with Gasteiger partial charge in [0.15, 0.2) is 0 Å². The molecule has 0 spiro atoms. The molecule has 0 atom stereocenters. The minimum absolute atomic E-state index is 0.0820. The molecule has 0 amide bonds. The van der Waals surface area contributed by atoms with Crippen LogP contribution in [0.15, 0.2) is 0 Å². The number of hydrogen-bond donors (Lipinski definition) is 1. The van der Waals surface area contributed by atoms with Gasteiger partial charge in [0, 0.05) is 0 Å². The second kappa shape index (κ2) is 4.11. The van der Waals surface area contributed by atoms with Gasteiger partial charge in [0.1, 0.15) is 0 Å². The van der Waals surface area contributed by atoms with Crippen molar-refractivity contribution < 1.29 is 5.11 Å². The van der Waals surface area contributed by atoms with Crippen LogP contribution in [-0.4, -0.2) is 11.2 Å². The second-order valence-electron chi connectivity index (χ2n) is 4.87. The molecule has 1 rings (SSSR count). The Morgan fingerprint density at radius 2 is 1.85 bits per heavy atom. The van der Waals surface area contributed by atoms with Gasteiger partial charge in [-0.25, -0.2) is 0 Å². The lowest BCUT2D eigenvalue weighted by molar-refractivity contribution is 0.0990. The van der Waals surface area contributed by atoms with Crippen molar-refractivity contribution in [3.05, 3.63) is 0 Å². The zero-order valence-electron chi connectivity index (χ0n) is 8.58. The number of aliphatic hydroxyl groups excluding tert-OH is 1. The first-order valence-electron chi connectivity index (χ1n) is 5.13. The maximum atomic E-state index is 9.32. The molecule has 1 aliphatic rings. The van der Waals surface area contributed by atoms with Gasteiger partial charge >= 0.3 is 0 Å². The van der Waals surface area contributed by atoms with E-state index in [4.69, 9.17) is 5.26 Å². The molecule has 2 heteroatoms. The normalized spacial score (nSPS) is 29.7. The maximum Gasteiger partial charge on any atom is 0.0684 e. The zero-order valence-corrected chi connectivity index (χ0v) is 8.58. The average molecular weight is 181 g/mol. The quantitative estimate of drug-likeness (QED) is 0.711. The van der Waals surface area contributed by atoms with Crippen LogP contribution >= 0.6 is 0 Å². The Morgan fingerprint density at radius 1 is 1.31 bits per heavy atom. The van der Waals surface area contributed by atoms with Crippen LogP contribution in [-0.2, 0) is 0 Å². The highest BCUT2D eigenvalue weighted by molar-refractivity contribution is 4.93. The van der Waals surface area contributed by atoms with Crippen LogP contribution in [0.5, 0.6) is 0 Å². The smallest absolute Gasteiger partial charge is 0.0684 e. The highest BCUT2D eigenvalue weighted by Gasteiger charge is 2.26. The summed E-state index contributed by atoms with van der Waals surface area (Å²) in [7, 11) is 0. The lowest BCUT2D eigenvalue weighted by atomic mass is 9.77. The Hall–Kier alpha value is -0.550. The van der Waals surface area contributed by atoms with Crippen molar-refractivity contribution in [3.8, 4) is 6.07 Å². The SMILES string of the molecule is CC(C)(C#N)CC1CCC(O)CC1. The van der Waals surface area contributed by atoms with Gasteiger partial charge in [-0.3, -0.25) is 0 Å². The number of nitrogens with zero attached hydrogens (tertiary/aromatic N) is 1. The lowest BCUT2D eigenvalue weighted by Crippen LogP contribution is -2.22. The van der Waals surface area contributed by atoms with Gasteiger partial charge in [-0.05, 0) is 51.9 Å². The molecule has 13 heavy (non-hydrogen) atoms. The summed E-state index contributed by atoms with van der Waals surface area (Å²) >= 11 is 0. The molecule has 74 valence electrons. The average Bonchev–Trinajstić information content (AvgIpc) is 2.09. The predicted octanol–water partition coefficient (Wildman–Crippen LogP) is 2.48. The van der Waals surface area contributed by atoms with Crippen molar-refractivity contribution in [2.24, 2.45) is 11.3 Å². The van der Waals surface area contributed by atoms with Crippen molar-refractivity contribution in [3.63, 3.8) is 0 Å². The second-order valence-corrected chi connectivity index (χ2v) is 4.87. The van der Waals surface area contributed by atoms with Crippen molar-refractivity contribution >= 4 is 0 Å². The van der Waals surface area contributed by atoms with Gasteiger partial charge in [-0.1, -0.05) is 0 Å². The van der Waals surface area contributed by atoms with E-state index in [1.165, 1.54) is 0 Å². The van der Waals surface area contributed by atoms with Gasteiger partial charge < -0.3 is 5.11 Å². The van der Waals surface area contributed by atoms with E-state index in [2.05, 4.69) is 6.07 Å². The van der Waals surface area contributed by atoms with Crippen LogP contribution in [0.25, 0.3) is 0 Å². The highest BCUT2D eigenvalue weighted by atomic mass is 16.3. The topological polar surface area (TPSA) is 44.0 Å². The van der Waals surface area contributed by atoms with E-state index in [1.807, 2.05) is 13.8 Å². The van der Waals surface area contributed by atoms with Crippen LogP contribution in [0.4, 0.5) is 0 Å². The third-order valence-electron chi connectivity index (χ3n) is 2.92. The van der Waals surface area contributed by atoms with Crippen LogP contribution < -0.4 is 0 Å². The van der Waals surface area contributed by atoms with Gasteiger partial charge in [0.2, 0.25) is 0 Å². The summed E-state index contributed by atoms with van der Waals surface area (Å²) in [6, 6.07) is 2.34. The fourth-order valence-electron chi connectivity index (χ4n) is 2.12. The van der Waals surface area contributed by atoms with E-state index in [0.717, 1.165) is 32.1 Å². The fourth-order valence-corrected chi connectivity index (χ4v) is 2.12. The Bertz CT molecular complexity index is 197. The van der Waals surface area contributed by atoms with E-state index < -0.39 is 0 Å². The van der Waals surface area contributed by atoms with Crippen molar-refractivity contribution in [1.29, 1.82) is 5.26 Å². The molecule has 1 N–H and O–H groups in total.